The fraction of sp³-hybridized carbons (Fsp3) is 0.259. The van der Waals surface area contributed by atoms with E-state index in [-0.39, 0.29) is 17.9 Å². The smallest absolute Gasteiger partial charge is 0.256 e. The lowest BCUT2D eigenvalue weighted by Crippen LogP contribution is -2.23. The van der Waals surface area contributed by atoms with Crippen LogP contribution in [-0.4, -0.2) is 33.1 Å². The first-order valence-electron chi connectivity index (χ1n) is 11.6. The molecule has 1 aliphatic heterocycles. The van der Waals surface area contributed by atoms with Crippen LogP contribution in [0, 0.1) is 6.92 Å². The van der Waals surface area contributed by atoms with Crippen molar-refractivity contribution >= 4 is 34.2 Å². The molecule has 0 atom stereocenters. The lowest BCUT2D eigenvalue weighted by atomic mass is 10.0. The van der Waals surface area contributed by atoms with Crippen molar-refractivity contribution in [3.05, 3.63) is 71.9 Å². The van der Waals surface area contributed by atoms with E-state index in [0.29, 0.717) is 35.2 Å². The second-order valence-corrected chi connectivity index (χ2v) is 8.94. The lowest BCUT2D eigenvalue weighted by Gasteiger charge is -2.17. The van der Waals surface area contributed by atoms with Crippen molar-refractivity contribution in [1.82, 2.24) is 14.8 Å². The number of fused-ring (bicyclic) bond motifs is 1. The highest BCUT2D eigenvalue weighted by atomic mass is 16.2. The summed E-state index contributed by atoms with van der Waals surface area (Å²) >= 11 is 0. The number of benzene rings is 2. The van der Waals surface area contributed by atoms with Gasteiger partial charge in [0.1, 0.15) is 0 Å². The molecular weight excluding hydrogens is 426 g/mol. The minimum Gasteiger partial charge on any atom is -0.322 e. The largest absolute Gasteiger partial charge is 0.322 e. The minimum atomic E-state index is -0.240. The number of carbonyl (C=O) groups excluding carboxylic acids is 2. The molecule has 4 aromatic rings. The Bertz CT molecular complexity index is 1410. The molecule has 1 N–H and O–H groups in total. The van der Waals surface area contributed by atoms with Crippen molar-refractivity contribution in [1.29, 1.82) is 0 Å². The maximum Gasteiger partial charge on any atom is 0.256 e. The summed E-state index contributed by atoms with van der Waals surface area (Å²) in [6, 6.07) is 17.4. The van der Waals surface area contributed by atoms with Gasteiger partial charge in [-0.1, -0.05) is 30.3 Å². The number of hydrogen-bond acceptors (Lipinski definition) is 4. The Hall–Kier alpha value is -4.00. The zero-order valence-electron chi connectivity index (χ0n) is 19.6. The maximum absolute atomic E-state index is 13.5. The lowest BCUT2D eigenvalue weighted by molar-refractivity contribution is -0.117. The molecule has 0 radical (unpaired) electrons. The molecule has 5 rings (SSSR count). The van der Waals surface area contributed by atoms with Crippen LogP contribution in [0.4, 0.5) is 11.4 Å². The van der Waals surface area contributed by atoms with Crippen molar-refractivity contribution in [2.75, 3.05) is 16.8 Å². The first kappa shape index (κ1) is 21.8. The Morgan fingerprint density at radius 3 is 2.65 bits per heavy atom. The molecule has 0 saturated carbocycles. The van der Waals surface area contributed by atoms with E-state index in [0.717, 1.165) is 28.9 Å². The Morgan fingerprint density at radius 1 is 1.09 bits per heavy atom. The van der Waals surface area contributed by atoms with Gasteiger partial charge < -0.3 is 10.2 Å². The third kappa shape index (κ3) is 3.94. The monoisotopic (exact) mass is 453 g/mol. The number of nitrogens with one attached hydrogen (secondary N) is 1. The standard InChI is InChI=1S/C27H27N5O2/c1-17(2)32-26-23(16-28-32)22(15-24(30-26)21-11-5-4-8-18(21)3)27(34)29-19-9-6-10-20(14-19)31-13-7-12-25(31)33/h4-6,8-11,14-17H,7,12-13H2,1-3H3,(H,29,34). The van der Waals surface area contributed by atoms with Gasteiger partial charge >= 0.3 is 0 Å². The third-order valence-electron chi connectivity index (χ3n) is 6.21. The molecule has 0 unspecified atom stereocenters. The summed E-state index contributed by atoms with van der Waals surface area (Å²) in [6.45, 7) is 6.82. The summed E-state index contributed by atoms with van der Waals surface area (Å²) < 4.78 is 1.84. The summed E-state index contributed by atoms with van der Waals surface area (Å²) in [4.78, 5) is 32.3. The average molecular weight is 454 g/mol. The van der Waals surface area contributed by atoms with E-state index in [2.05, 4.69) is 10.4 Å². The number of pyridine rings is 1. The van der Waals surface area contributed by atoms with E-state index >= 15 is 0 Å². The number of carbonyl (C=O) groups is 2. The Morgan fingerprint density at radius 2 is 1.91 bits per heavy atom. The first-order valence-corrected chi connectivity index (χ1v) is 11.6. The molecule has 1 aliphatic rings. The van der Waals surface area contributed by atoms with Crippen molar-refractivity contribution in [3.8, 4) is 11.3 Å². The number of aromatic nitrogens is 3. The summed E-state index contributed by atoms with van der Waals surface area (Å²) in [5.74, 6) is -0.126. The van der Waals surface area contributed by atoms with Gasteiger partial charge in [0, 0.05) is 35.9 Å². The molecule has 2 aromatic carbocycles. The minimum absolute atomic E-state index is 0.0997. The molecule has 2 amide bonds. The van der Waals surface area contributed by atoms with E-state index in [4.69, 9.17) is 4.98 Å². The predicted octanol–water partition coefficient (Wildman–Crippen LogP) is 5.37. The van der Waals surface area contributed by atoms with Crippen molar-refractivity contribution in [2.24, 2.45) is 0 Å². The first-order chi connectivity index (χ1) is 16.4. The SMILES string of the molecule is Cc1ccccc1-c1cc(C(=O)Nc2cccc(N3CCCC3=O)c2)c2cnn(C(C)C)c2n1. The molecule has 1 saturated heterocycles. The zero-order valence-corrected chi connectivity index (χ0v) is 19.6. The van der Waals surface area contributed by atoms with Gasteiger partial charge in [-0.3, -0.25) is 9.59 Å². The number of aryl methyl sites for hydroxylation is 1. The molecule has 0 spiro atoms. The van der Waals surface area contributed by atoms with Gasteiger partial charge in [-0.15, -0.1) is 0 Å². The molecular formula is C27H27N5O2. The van der Waals surface area contributed by atoms with Crippen LogP contribution in [0.5, 0.6) is 0 Å². The Kier molecular flexibility index (Phi) is 5.61. The molecule has 7 nitrogen and oxygen atoms in total. The van der Waals surface area contributed by atoms with Crippen LogP contribution in [0.15, 0.2) is 60.8 Å². The normalized spacial score (nSPS) is 13.8. The van der Waals surface area contributed by atoms with Gasteiger partial charge in [0.05, 0.1) is 22.8 Å². The number of anilines is 2. The molecule has 2 aromatic heterocycles. The predicted molar refractivity (Wildman–Crippen MR) is 134 cm³/mol. The molecule has 7 heteroatoms. The van der Waals surface area contributed by atoms with E-state index < -0.39 is 0 Å². The maximum atomic E-state index is 13.5. The summed E-state index contributed by atoms with van der Waals surface area (Å²) in [5, 5.41) is 8.23. The van der Waals surface area contributed by atoms with Crippen molar-refractivity contribution in [2.45, 2.75) is 39.7 Å². The van der Waals surface area contributed by atoms with Crippen LogP contribution in [0.2, 0.25) is 0 Å². The molecule has 0 aliphatic carbocycles. The second-order valence-electron chi connectivity index (χ2n) is 8.94. The van der Waals surface area contributed by atoms with Gasteiger partial charge in [0.25, 0.3) is 5.91 Å². The highest BCUT2D eigenvalue weighted by Crippen LogP contribution is 2.29. The Labute approximate surface area is 198 Å². The van der Waals surface area contributed by atoms with Gasteiger partial charge in [-0.2, -0.15) is 5.10 Å². The molecule has 34 heavy (non-hydrogen) atoms. The average Bonchev–Trinajstić information content (AvgIpc) is 3.45. The van der Waals surface area contributed by atoms with Gasteiger partial charge in [0.2, 0.25) is 5.91 Å². The fourth-order valence-corrected chi connectivity index (χ4v) is 4.45. The van der Waals surface area contributed by atoms with Crippen LogP contribution < -0.4 is 10.2 Å². The molecule has 172 valence electrons. The highest BCUT2D eigenvalue weighted by molar-refractivity contribution is 6.13. The number of amides is 2. The van der Waals surface area contributed by atoms with E-state index in [9.17, 15) is 9.59 Å². The third-order valence-corrected chi connectivity index (χ3v) is 6.21. The fourth-order valence-electron chi connectivity index (χ4n) is 4.45. The molecule has 0 bridgehead atoms. The van der Waals surface area contributed by atoms with Crippen molar-refractivity contribution < 1.29 is 9.59 Å². The number of rotatable bonds is 5. The summed E-state index contributed by atoms with van der Waals surface area (Å²) in [6.07, 6.45) is 3.12. The van der Waals surface area contributed by atoms with Gasteiger partial charge in [0.15, 0.2) is 5.65 Å². The van der Waals surface area contributed by atoms with Gasteiger partial charge in [-0.25, -0.2) is 9.67 Å². The van der Waals surface area contributed by atoms with E-state index in [1.807, 2.05) is 80.1 Å². The molecule has 3 heterocycles. The highest BCUT2D eigenvalue weighted by Gasteiger charge is 2.23. The quantitative estimate of drug-likeness (QED) is 0.441. The van der Waals surface area contributed by atoms with Gasteiger partial charge in [-0.05, 0) is 57.0 Å². The molecule has 1 fully saturated rings. The van der Waals surface area contributed by atoms with E-state index in [1.54, 1.807) is 11.1 Å². The summed E-state index contributed by atoms with van der Waals surface area (Å²) in [7, 11) is 0. The van der Waals surface area contributed by atoms with Crippen LogP contribution in [0.3, 0.4) is 0 Å². The van der Waals surface area contributed by atoms with Crippen LogP contribution in [-0.2, 0) is 4.79 Å². The zero-order chi connectivity index (χ0) is 23.8. The summed E-state index contributed by atoms with van der Waals surface area (Å²) in [5.41, 5.74) is 5.42. The van der Waals surface area contributed by atoms with Crippen LogP contribution in [0.25, 0.3) is 22.3 Å². The van der Waals surface area contributed by atoms with Crippen LogP contribution >= 0.6 is 0 Å². The topological polar surface area (TPSA) is 80.1 Å². The second kappa shape index (κ2) is 8.74. The van der Waals surface area contributed by atoms with Crippen molar-refractivity contribution in [3.63, 3.8) is 0 Å². The number of nitrogens with zero attached hydrogens (tertiary/aromatic N) is 4. The van der Waals surface area contributed by atoms with Crippen LogP contribution in [0.1, 0.15) is 48.7 Å². The number of hydrogen-bond donors (Lipinski definition) is 1. The van der Waals surface area contributed by atoms with E-state index in [1.165, 1.54) is 0 Å². The Balaban J connectivity index is 1.56.